The molecule has 108 valence electrons. The van der Waals surface area contributed by atoms with Crippen molar-refractivity contribution >= 4 is 11.6 Å². The fourth-order valence-corrected chi connectivity index (χ4v) is 1.78. The molecule has 0 unspecified atom stereocenters. The molecular weight excluding hydrogens is 256 g/mol. The van der Waals surface area contributed by atoms with Crippen LogP contribution >= 0.6 is 0 Å². The second-order valence-corrected chi connectivity index (χ2v) is 4.23. The fraction of sp³-hybridized carbons (Fsp3) is 0.462. The van der Waals surface area contributed by atoms with E-state index in [1.807, 2.05) is 16.9 Å². The minimum Gasteiger partial charge on any atom is -0.490 e. The van der Waals surface area contributed by atoms with Gasteiger partial charge in [0.05, 0.1) is 13.7 Å². The Hall–Kier alpha value is -2.31. The van der Waals surface area contributed by atoms with Crippen LogP contribution in [0.2, 0.25) is 0 Å². The lowest BCUT2D eigenvalue weighted by Crippen LogP contribution is -2.13. The first kappa shape index (κ1) is 14.1. The predicted octanol–water partition coefficient (Wildman–Crippen LogP) is 1.62. The van der Waals surface area contributed by atoms with Crippen molar-refractivity contribution in [2.75, 3.05) is 30.8 Å². The Kier molecular flexibility index (Phi) is 5.16. The van der Waals surface area contributed by atoms with Crippen LogP contribution in [0.4, 0.5) is 11.6 Å². The monoisotopic (exact) mass is 276 g/mol. The van der Waals surface area contributed by atoms with Crippen molar-refractivity contribution < 1.29 is 4.74 Å². The zero-order chi connectivity index (χ0) is 14.2. The summed E-state index contributed by atoms with van der Waals surface area (Å²) in [5.74, 6) is 2.04. The minimum absolute atomic E-state index is 0.640. The third kappa shape index (κ3) is 3.59. The molecule has 0 aliphatic rings. The number of anilines is 2. The molecule has 2 aromatic rings. The van der Waals surface area contributed by atoms with E-state index in [1.54, 1.807) is 13.3 Å². The van der Waals surface area contributed by atoms with Crippen molar-refractivity contribution in [3.8, 4) is 5.75 Å². The summed E-state index contributed by atoms with van der Waals surface area (Å²) in [5.41, 5.74) is 0. The summed E-state index contributed by atoms with van der Waals surface area (Å²) in [6.45, 7) is 4.42. The van der Waals surface area contributed by atoms with Crippen LogP contribution < -0.4 is 15.4 Å². The Morgan fingerprint density at radius 1 is 1.20 bits per heavy atom. The molecule has 0 aliphatic carbocycles. The highest BCUT2D eigenvalue weighted by atomic mass is 16.5. The molecule has 0 aliphatic heterocycles. The van der Waals surface area contributed by atoms with Gasteiger partial charge in [-0.25, -0.2) is 9.97 Å². The highest BCUT2D eigenvalue weighted by molar-refractivity contribution is 5.63. The Morgan fingerprint density at radius 2 is 1.95 bits per heavy atom. The van der Waals surface area contributed by atoms with Gasteiger partial charge >= 0.3 is 0 Å². The van der Waals surface area contributed by atoms with Crippen LogP contribution in [0.25, 0.3) is 0 Å². The number of aromatic nitrogens is 4. The van der Waals surface area contributed by atoms with E-state index < -0.39 is 0 Å². The van der Waals surface area contributed by atoms with E-state index in [2.05, 4.69) is 32.6 Å². The second kappa shape index (κ2) is 7.32. The summed E-state index contributed by atoms with van der Waals surface area (Å²) in [6, 6.07) is 1.90. The fourth-order valence-electron chi connectivity index (χ4n) is 1.78. The molecule has 7 heteroatoms. The highest BCUT2D eigenvalue weighted by Crippen LogP contribution is 2.28. The Labute approximate surface area is 118 Å². The third-order valence-corrected chi connectivity index (χ3v) is 2.74. The maximum absolute atomic E-state index is 5.39. The molecule has 0 saturated heterocycles. The number of hydrogen-bond acceptors (Lipinski definition) is 6. The summed E-state index contributed by atoms with van der Waals surface area (Å²) in [7, 11) is 1.62. The topological polar surface area (TPSA) is 76.9 Å². The van der Waals surface area contributed by atoms with Crippen LogP contribution in [-0.2, 0) is 6.54 Å². The summed E-state index contributed by atoms with van der Waals surface area (Å²) < 4.78 is 7.25. The third-order valence-electron chi connectivity index (χ3n) is 2.74. The van der Waals surface area contributed by atoms with Crippen LogP contribution in [-0.4, -0.2) is 39.9 Å². The van der Waals surface area contributed by atoms with Crippen molar-refractivity contribution in [2.45, 2.75) is 19.9 Å². The quantitative estimate of drug-likeness (QED) is 0.763. The summed E-state index contributed by atoms with van der Waals surface area (Å²) >= 11 is 0. The van der Waals surface area contributed by atoms with Gasteiger partial charge in [-0.05, 0) is 12.5 Å². The van der Waals surface area contributed by atoms with E-state index in [0.29, 0.717) is 23.9 Å². The number of nitrogens with one attached hydrogen (secondary N) is 2. The van der Waals surface area contributed by atoms with Gasteiger partial charge in [-0.1, -0.05) is 6.92 Å². The molecule has 0 amide bonds. The first-order valence-electron chi connectivity index (χ1n) is 6.69. The zero-order valence-corrected chi connectivity index (χ0v) is 11.8. The summed E-state index contributed by atoms with van der Waals surface area (Å²) in [5, 5.41) is 10.6. The van der Waals surface area contributed by atoms with E-state index in [0.717, 1.165) is 19.5 Å². The average Bonchev–Trinajstić information content (AvgIpc) is 2.98. The van der Waals surface area contributed by atoms with Crippen LogP contribution in [0.1, 0.15) is 13.3 Å². The molecule has 2 aromatic heterocycles. The SMILES string of the molecule is CCCNc1ncnc(NCCn2cccn2)c1OC. The average molecular weight is 276 g/mol. The number of hydrogen-bond donors (Lipinski definition) is 2. The maximum Gasteiger partial charge on any atom is 0.204 e. The molecule has 2 heterocycles. The molecule has 2 rings (SSSR count). The zero-order valence-electron chi connectivity index (χ0n) is 11.8. The molecule has 20 heavy (non-hydrogen) atoms. The Balaban J connectivity index is 1.99. The van der Waals surface area contributed by atoms with Crippen molar-refractivity contribution in [1.82, 2.24) is 19.7 Å². The van der Waals surface area contributed by atoms with Gasteiger partial charge in [0.15, 0.2) is 11.6 Å². The molecule has 0 bridgehead atoms. The normalized spacial score (nSPS) is 10.3. The van der Waals surface area contributed by atoms with Gasteiger partial charge in [0.25, 0.3) is 0 Å². The molecule has 0 fully saturated rings. The summed E-state index contributed by atoms with van der Waals surface area (Å²) in [4.78, 5) is 8.42. The number of rotatable bonds is 8. The molecule has 7 nitrogen and oxygen atoms in total. The van der Waals surface area contributed by atoms with Crippen molar-refractivity contribution in [3.05, 3.63) is 24.8 Å². The van der Waals surface area contributed by atoms with Crippen LogP contribution in [0.5, 0.6) is 5.75 Å². The van der Waals surface area contributed by atoms with Gasteiger partial charge in [-0.3, -0.25) is 4.68 Å². The van der Waals surface area contributed by atoms with Crippen molar-refractivity contribution in [3.63, 3.8) is 0 Å². The molecule has 0 atom stereocenters. The first-order chi connectivity index (χ1) is 9.85. The summed E-state index contributed by atoms with van der Waals surface area (Å²) in [6.07, 6.45) is 6.23. The maximum atomic E-state index is 5.39. The van der Waals surface area contributed by atoms with Gasteiger partial charge in [-0.15, -0.1) is 0 Å². The lowest BCUT2D eigenvalue weighted by molar-refractivity contribution is 0.414. The van der Waals surface area contributed by atoms with E-state index in [1.165, 1.54) is 6.33 Å². The largest absolute Gasteiger partial charge is 0.490 e. The number of nitrogens with zero attached hydrogens (tertiary/aromatic N) is 4. The standard InChI is InChI=1S/C13H20N6O/c1-3-5-14-12-11(20-2)13(17-10-16-12)15-7-9-19-8-4-6-18-19/h4,6,8,10H,3,5,7,9H2,1-2H3,(H2,14,15,16,17). The van der Waals surface area contributed by atoms with Crippen LogP contribution in [0.3, 0.4) is 0 Å². The van der Waals surface area contributed by atoms with E-state index in [9.17, 15) is 0 Å². The smallest absolute Gasteiger partial charge is 0.204 e. The number of methoxy groups -OCH3 is 1. The van der Waals surface area contributed by atoms with Gasteiger partial charge < -0.3 is 15.4 Å². The van der Waals surface area contributed by atoms with E-state index >= 15 is 0 Å². The lowest BCUT2D eigenvalue weighted by atomic mass is 10.4. The molecule has 0 spiro atoms. The van der Waals surface area contributed by atoms with Gasteiger partial charge in [0.2, 0.25) is 5.75 Å². The molecule has 0 aromatic carbocycles. The minimum atomic E-state index is 0.640. The van der Waals surface area contributed by atoms with E-state index in [-0.39, 0.29) is 0 Å². The van der Waals surface area contributed by atoms with E-state index in [4.69, 9.17) is 4.74 Å². The lowest BCUT2D eigenvalue weighted by Gasteiger charge is -2.13. The van der Waals surface area contributed by atoms with Crippen molar-refractivity contribution in [2.24, 2.45) is 0 Å². The first-order valence-corrected chi connectivity index (χ1v) is 6.69. The molecular formula is C13H20N6O. The van der Waals surface area contributed by atoms with Gasteiger partial charge in [0, 0.05) is 25.5 Å². The van der Waals surface area contributed by atoms with Gasteiger partial charge in [-0.2, -0.15) is 5.10 Å². The Morgan fingerprint density at radius 3 is 2.55 bits per heavy atom. The molecule has 2 N–H and O–H groups in total. The highest BCUT2D eigenvalue weighted by Gasteiger charge is 2.11. The second-order valence-electron chi connectivity index (χ2n) is 4.23. The Bertz CT molecular complexity index is 514. The van der Waals surface area contributed by atoms with Crippen molar-refractivity contribution in [1.29, 1.82) is 0 Å². The van der Waals surface area contributed by atoms with Crippen LogP contribution in [0, 0.1) is 0 Å². The molecule has 0 radical (unpaired) electrons. The number of ether oxygens (including phenoxy) is 1. The van der Waals surface area contributed by atoms with Gasteiger partial charge in [0.1, 0.15) is 6.33 Å². The van der Waals surface area contributed by atoms with Crippen LogP contribution in [0.15, 0.2) is 24.8 Å². The predicted molar refractivity (Wildman–Crippen MR) is 78.1 cm³/mol. The molecule has 0 saturated carbocycles.